The average molecular weight is 504 g/mol. The number of oxime groups is 1. The summed E-state index contributed by atoms with van der Waals surface area (Å²) in [6.07, 6.45) is -0.587. The molecule has 11 heteroatoms. The summed E-state index contributed by atoms with van der Waals surface area (Å²) in [5, 5.41) is 5.20. The van der Waals surface area contributed by atoms with E-state index >= 15 is 0 Å². The molecule has 0 saturated heterocycles. The number of hydrogen-bond acceptors (Lipinski definition) is 8. The minimum Gasteiger partial charge on any atom is -0.462 e. The normalized spacial score (nSPS) is 13.3. The lowest BCUT2D eigenvalue weighted by atomic mass is 10.3. The zero-order valence-corrected chi connectivity index (χ0v) is 21.1. The quantitative estimate of drug-likeness (QED) is 0.0821. The number of amides is 1. The lowest BCUT2D eigenvalue weighted by molar-refractivity contribution is 0.137. The van der Waals surface area contributed by atoms with E-state index in [1.54, 1.807) is 14.0 Å². The second-order valence-electron chi connectivity index (χ2n) is 5.88. The van der Waals surface area contributed by atoms with Gasteiger partial charge in [-0.1, -0.05) is 42.4 Å². The Balaban J connectivity index is 2.22. The Bertz CT molecular complexity index is 933. The number of halogens is 1. The number of para-hydroxylation sites is 2. The Hall–Kier alpha value is -1.38. The summed E-state index contributed by atoms with van der Waals surface area (Å²) in [4.78, 5) is 17.1. The number of benzene rings is 2. The van der Waals surface area contributed by atoms with Crippen LogP contribution < -0.4 is 13.7 Å². The fourth-order valence-corrected chi connectivity index (χ4v) is 6.03. The van der Waals surface area contributed by atoms with E-state index in [4.69, 9.17) is 32.9 Å². The molecule has 2 aromatic carbocycles. The predicted octanol–water partition coefficient (Wildman–Crippen LogP) is 6.09. The van der Waals surface area contributed by atoms with E-state index in [2.05, 4.69) is 5.16 Å². The van der Waals surface area contributed by atoms with Crippen LogP contribution in [0.25, 0.3) is 0 Å². The molecule has 0 saturated carbocycles. The number of thioether (sulfide) groups is 1. The summed E-state index contributed by atoms with van der Waals surface area (Å²) >= 11 is 14.9. The van der Waals surface area contributed by atoms with E-state index in [0.29, 0.717) is 22.6 Å². The van der Waals surface area contributed by atoms with Crippen LogP contribution in [0.15, 0.2) is 59.8 Å². The van der Waals surface area contributed by atoms with Crippen LogP contribution in [-0.2, 0) is 16.6 Å². The third-order valence-corrected chi connectivity index (χ3v) is 9.66. The summed E-state index contributed by atoms with van der Waals surface area (Å²) in [5.74, 6) is 0.717. The maximum atomic E-state index is 12.2. The van der Waals surface area contributed by atoms with Gasteiger partial charge in [0.1, 0.15) is 17.1 Å². The minimum atomic E-state index is -2.43. The van der Waals surface area contributed by atoms with Gasteiger partial charge >= 0.3 is 6.09 Å². The zero-order valence-electron chi connectivity index (χ0n) is 17.0. The Morgan fingerprint density at radius 1 is 1.20 bits per heavy atom. The highest BCUT2D eigenvalue weighted by atomic mass is 35.5. The summed E-state index contributed by atoms with van der Waals surface area (Å²) in [5.41, 5.74) is 0.661. The van der Waals surface area contributed by atoms with Gasteiger partial charge in [0.25, 0.3) is 0 Å². The zero-order chi connectivity index (χ0) is 22.1. The van der Waals surface area contributed by atoms with Gasteiger partial charge in [-0.3, -0.25) is 4.84 Å². The van der Waals surface area contributed by atoms with E-state index in [9.17, 15) is 4.79 Å². The Morgan fingerprint density at radius 2 is 1.83 bits per heavy atom. The molecule has 30 heavy (non-hydrogen) atoms. The average Bonchev–Trinajstić information content (AvgIpc) is 2.77. The van der Waals surface area contributed by atoms with E-state index < -0.39 is 12.4 Å². The predicted molar refractivity (Wildman–Crippen MR) is 135 cm³/mol. The smallest absolute Gasteiger partial charge is 0.447 e. The molecule has 0 spiro atoms. The Morgan fingerprint density at radius 3 is 2.47 bits per heavy atom. The van der Waals surface area contributed by atoms with Crippen molar-refractivity contribution in [2.75, 3.05) is 23.3 Å². The summed E-state index contributed by atoms with van der Waals surface area (Å²) in [6.45, 7) is 3.75. The van der Waals surface area contributed by atoms with Crippen molar-refractivity contribution in [3.8, 4) is 5.75 Å². The van der Waals surface area contributed by atoms with Crippen LogP contribution in [0.5, 0.6) is 5.75 Å². The fraction of sp³-hybridized carbons (Fsp3) is 0.263. The first-order chi connectivity index (χ1) is 14.3. The molecule has 162 valence electrons. The van der Waals surface area contributed by atoms with Gasteiger partial charge in [0.05, 0.1) is 17.8 Å². The van der Waals surface area contributed by atoms with Gasteiger partial charge in [-0.25, -0.2) is 12.9 Å². The van der Waals surface area contributed by atoms with Crippen LogP contribution in [0.2, 0.25) is 0 Å². The van der Waals surface area contributed by atoms with E-state index in [0.717, 1.165) is 17.4 Å². The monoisotopic (exact) mass is 503 g/mol. The van der Waals surface area contributed by atoms with Crippen LogP contribution in [0.3, 0.4) is 0 Å². The maximum absolute atomic E-state index is 12.2. The highest BCUT2D eigenvalue weighted by Gasteiger charge is 2.27. The first kappa shape index (κ1) is 24.9. The van der Waals surface area contributed by atoms with Crippen molar-refractivity contribution < 1.29 is 14.2 Å². The molecule has 0 N–H and O–H groups in total. The molecule has 1 atom stereocenters. The van der Waals surface area contributed by atoms with Crippen LogP contribution >= 0.6 is 41.9 Å². The van der Waals surface area contributed by atoms with Gasteiger partial charge in [0.15, 0.2) is 0 Å². The lowest BCUT2D eigenvalue weighted by Crippen LogP contribution is -2.25. The Kier molecular flexibility index (Phi) is 9.84. The molecule has 2 aromatic rings. The number of carbonyl (C=O) groups excluding carboxylic acids is 1. The Labute approximate surface area is 196 Å². The lowest BCUT2D eigenvalue weighted by Gasteiger charge is -2.28. The second-order valence-corrected chi connectivity index (χ2v) is 12.9. The maximum Gasteiger partial charge on any atom is 0.447 e. The molecule has 0 aliphatic rings. The molecule has 1 amide bonds. The van der Waals surface area contributed by atoms with Crippen molar-refractivity contribution in [1.29, 1.82) is 0 Å². The molecule has 0 heterocycles. The van der Waals surface area contributed by atoms with Gasteiger partial charge < -0.3 is 4.52 Å². The summed E-state index contributed by atoms with van der Waals surface area (Å²) in [7, 11) is 1.55. The molecule has 1 unspecified atom stereocenters. The van der Waals surface area contributed by atoms with Crippen molar-refractivity contribution in [1.82, 2.24) is 4.31 Å². The van der Waals surface area contributed by atoms with Crippen LogP contribution in [0.1, 0.15) is 13.8 Å². The number of anilines is 1. The van der Waals surface area contributed by atoms with E-state index in [1.807, 2.05) is 67.8 Å². The highest BCUT2D eigenvalue weighted by molar-refractivity contribution is 8.16. The van der Waals surface area contributed by atoms with Crippen LogP contribution in [-0.4, -0.2) is 34.9 Å². The first-order valence-corrected chi connectivity index (χ1v) is 14.1. The van der Waals surface area contributed by atoms with Gasteiger partial charge in [0, 0.05) is 30.3 Å². The van der Waals surface area contributed by atoms with Crippen LogP contribution in [0.4, 0.5) is 10.5 Å². The van der Waals surface area contributed by atoms with Gasteiger partial charge in [-0.05, 0) is 49.3 Å². The topological polar surface area (TPSA) is 54.4 Å². The molecule has 6 nitrogen and oxygen atoms in total. The molecule has 0 bridgehead atoms. The third kappa shape index (κ3) is 6.82. The van der Waals surface area contributed by atoms with Crippen molar-refractivity contribution >= 4 is 75.9 Å². The molecule has 2 rings (SSSR count). The van der Waals surface area contributed by atoms with E-state index in [1.165, 1.54) is 19.9 Å². The standard InChI is InChI=1S/C19H23ClN3O3PS3/c1-5-27(28,26-16-11-7-6-8-12-16)18-14-10-9-13-17(18)23(20)30-22(3)19(24)25-21-15(2)29-4/h6-14H,5H2,1-4H3. The summed E-state index contributed by atoms with van der Waals surface area (Å²) < 4.78 is 8.86. The number of nitrogens with zero attached hydrogens (tertiary/aromatic N) is 3. The van der Waals surface area contributed by atoms with Crippen LogP contribution in [0, 0.1) is 0 Å². The largest absolute Gasteiger partial charge is 0.462 e. The van der Waals surface area contributed by atoms with Crippen molar-refractivity contribution in [2.24, 2.45) is 5.16 Å². The molecule has 0 radical (unpaired) electrons. The van der Waals surface area contributed by atoms with Crippen molar-refractivity contribution in [3.63, 3.8) is 0 Å². The molecule has 0 fully saturated rings. The molecule has 0 aliphatic carbocycles. The molecular weight excluding hydrogens is 481 g/mol. The number of carbonyl (C=O) groups is 1. The minimum absolute atomic E-state index is 0.636. The van der Waals surface area contributed by atoms with Crippen molar-refractivity contribution in [3.05, 3.63) is 54.6 Å². The number of hydrogen-bond donors (Lipinski definition) is 0. The molecular formula is C19H23ClN3O3PS3. The highest BCUT2D eigenvalue weighted by Crippen LogP contribution is 2.49. The van der Waals surface area contributed by atoms with Gasteiger partial charge in [-0.2, -0.15) is 0 Å². The summed E-state index contributed by atoms with van der Waals surface area (Å²) in [6, 6.07) is 17.0. The van der Waals surface area contributed by atoms with Gasteiger partial charge in [0.2, 0.25) is 0 Å². The van der Waals surface area contributed by atoms with E-state index in [-0.39, 0.29) is 0 Å². The molecule has 0 aromatic heterocycles. The van der Waals surface area contributed by atoms with Gasteiger partial charge in [-0.15, -0.1) is 11.8 Å². The second kappa shape index (κ2) is 11.9. The SMILES string of the molecule is CCP(=S)(Oc1ccccc1)c1ccccc1N(Cl)SN(C)C(=O)ON=C(C)SC. The number of rotatable bonds is 8. The first-order valence-electron chi connectivity index (χ1n) is 8.91. The fourth-order valence-electron chi connectivity index (χ4n) is 2.22. The van der Waals surface area contributed by atoms with Crippen molar-refractivity contribution in [2.45, 2.75) is 13.8 Å². The third-order valence-electron chi connectivity index (χ3n) is 3.85. The molecule has 0 aliphatic heterocycles.